The smallest absolute Gasteiger partial charge is 0.310 e. The van der Waals surface area contributed by atoms with Crippen molar-refractivity contribution in [1.29, 1.82) is 0 Å². The zero-order valence-electron chi connectivity index (χ0n) is 13.6. The predicted molar refractivity (Wildman–Crippen MR) is 89.2 cm³/mol. The van der Waals surface area contributed by atoms with Crippen LogP contribution < -0.4 is 5.32 Å². The molecule has 0 radical (unpaired) electrons. The lowest BCUT2D eigenvalue weighted by atomic mass is 10.0. The number of anilines is 1. The maximum atomic E-state index is 11.7. The van der Waals surface area contributed by atoms with Crippen LogP contribution in [0.15, 0.2) is 24.3 Å². The van der Waals surface area contributed by atoms with E-state index in [0.717, 1.165) is 40.9 Å². The van der Waals surface area contributed by atoms with Gasteiger partial charge in [0.25, 0.3) is 0 Å². The lowest BCUT2D eigenvalue weighted by Gasteiger charge is -2.18. The molecule has 0 aliphatic rings. The number of rotatable bonds is 6. The number of methoxy groups -OCH3 is 1. The summed E-state index contributed by atoms with van der Waals surface area (Å²) >= 11 is 0. The van der Waals surface area contributed by atoms with Crippen LogP contribution in [0.25, 0.3) is 10.9 Å². The molecule has 0 saturated carbocycles. The summed E-state index contributed by atoms with van der Waals surface area (Å²) in [5, 5.41) is 4.50. The highest BCUT2D eigenvalue weighted by Crippen LogP contribution is 2.29. The minimum Gasteiger partial charge on any atom is -0.469 e. The Kier molecular flexibility index (Phi) is 5.33. The summed E-state index contributed by atoms with van der Waals surface area (Å²) in [6, 6.07) is 7.97. The quantitative estimate of drug-likeness (QED) is 0.829. The van der Waals surface area contributed by atoms with E-state index < -0.39 is 0 Å². The van der Waals surface area contributed by atoms with Crippen molar-refractivity contribution in [2.24, 2.45) is 0 Å². The van der Waals surface area contributed by atoms with Gasteiger partial charge in [-0.1, -0.05) is 18.2 Å². The maximum absolute atomic E-state index is 11.7. The average molecular weight is 301 g/mol. The number of nitrogens with one attached hydrogen (secondary N) is 1. The van der Waals surface area contributed by atoms with Gasteiger partial charge in [0.1, 0.15) is 0 Å². The van der Waals surface area contributed by atoms with Crippen molar-refractivity contribution >= 4 is 22.6 Å². The molecule has 5 heteroatoms. The van der Waals surface area contributed by atoms with Crippen molar-refractivity contribution in [2.75, 3.05) is 39.6 Å². The number of likely N-dealkylation sites (N-methyl/N-ethyl adjacent to an activating group) is 1. The molecular formula is C17H23N3O2. The van der Waals surface area contributed by atoms with Gasteiger partial charge in [0.05, 0.1) is 19.0 Å². The summed E-state index contributed by atoms with van der Waals surface area (Å²) in [4.78, 5) is 18.4. The molecule has 22 heavy (non-hydrogen) atoms. The number of aromatic nitrogens is 1. The normalized spacial score (nSPS) is 11.0. The number of hydrogen-bond donors (Lipinski definition) is 1. The van der Waals surface area contributed by atoms with E-state index in [1.54, 1.807) is 0 Å². The molecule has 0 spiro atoms. The average Bonchev–Trinajstić information content (AvgIpc) is 2.49. The van der Waals surface area contributed by atoms with Crippen LogP contribution in [0.5, 0.6) is 0 Å². The molecule has 2 aromatic rings. The number of ether oxygens (including phenoxy) is 1. The van der Waals surface area contributed by atoms with E-state index in [1.807, 2.05) is 45.3 Å². The molecular weight excluding hydrogens is 278 g/mol. The summed E-state index contributed by atoms with van der Waals surface area (Å²) in [7, 11) is 5.48. The van der Waals surface area contributed by atoms with Crippen LogP contribution in [-0.4, -0.2) is 50.1 Å². The Hall–Kier alpha value is -2.14. The van der Waals surface area contributed by atoms with Crippen molar-refractivity contribution in [3.8, 4) is 0 Å². The number of esters is 1. The number of carbonyl (C=O) groups is 1. The molecule has 0 aliphatic carbocycles. The third kappa shape index (κ3) is 3.74. The standard InChI is InChI=1S/C17H23N3O2/c1-12-14(11-16(21)22-4)17(18-9-10-20(2)3)13-7-5-6-8-15(13)19-12/h5-8H,9-11H2,1-4H3,(H,18,19). The Balaban J connectivity index is 2.45. The van der Waals surface area contributed by atoms with E-state index in [9.17, 15) is 4.79 Å². The van der Waals surface area contributed by atoms with E-state index in [1.165, 1.54) is 7.11 Å². The number of carbonyl (C=O) groups excluding carboxylic acids is 1. The van der Waals surface area contributed by atoms with E-state index in [2.05, 4.69) is 15.2 Å². The van der Waals surface area contributed by atoms with Gasteiger partial charge in [-0.15, -0.1) is 0 Å². The minimum absolute atomic E-state index is 0.227. The van der Waals surface area contributed by atoms with Crippen LogP contribution in [0.1, 0.15) is 11.3 Å². The fourth-order valence-electron chi connectivity index (χ4n) is 2.41. The fraction of sp³-hybridized carbons (Fsp3) is 0.412. The molecule has 0 saturated heterocycles. The lowest BCUT2D eigenvalue weighted by molar-refractivity contribution is -0.139. The molecule has 1 N–H and O–H groups in total. The van der Waals surface area contributed by atoms with Crippen LogP contribution in [0.3, 0.4) is 0 Å². The minimum atomic E-state index is -0.254. The maximum Gasteiger partial charge on any atom is 0.310 e. The fourth-order valence-corrected chi connectivity index (χ4v) is 2.41. The molecule has 0 fully saturated rings. The van der Waals surface area contributed by atoms with Gasteiger partial charge in [-0.25, -0.2) is 0 Å². The van der Waals surface area contributed by atoms with Gasteiger partial charge in [-0.3, -0.25) is 9.78 Å². The Labute approximate surface area is 131 Å². The topological polar surface area (TPSA) is 54.5 Å². The van der Waals surface area contributed by atoms with Crippen LogP contribution >= 0.6 is 0 Å². The second-order valence-corrected chi connectivity index (χ2v) is 5.55. The lowest BCUT2D eigenvalue weighted by Crippen LogP contribution is -2.22. The molecule has 0 atom stereocenters. The van der Waals surface area contributed by atoms with Gasteiger partial charge in [0.15, 0.2) is 0 Å². The highest BCUT2D eigenvalue weighted by Gasteiger charge is 2.15. The molecule has 5 nitrogen and oxygen atoms in total. The molecule has 1 aromatic carbocycles. The number of benzene rings is 1. The largest absolute Gasteiger partial charge is 0.469 e. The number of pyridine rings is 1. The molecule has 0 aliphatic heterocycles. The Morgan fingerprint density at radius 1 is 1.32 bits per heavy atom. The molecule has 1 heterocycles. The van der Waals surface area contributed by atoms with Gasteiger partial charge in [-0.05, 0) is 27.1 Å². The highest BCUT2D eigenvalue weighted by atomic mass is 16.5. The molecule has 0 bridgehead atoms. The predicted octanol–water partition coefficient (Wildman–Crippen LogP) is 2.23. The number of para-hydroxylation sites is 1. The number of nitrogens with zero attached hydrogens (tertiary/aromatic N) is 2. The summed E-state index contributed by atoms with van der Waals surface area (Å²) in [6.45, 7) is 3.64. The SMILES string of the molecule is COC(=O)Cc1c(C)nc2ccccc2c1NCCN(C)C. The van der Waals surface area contributed by atoms with Crippen LogP contribution in [-0.2, 0) is 16.0 Å². The van der Waals surface area contributed by atoms with E-state index in [0.29, 0.717) is 0 Å². The monoisotopic (exact) mass is 301 g/mol. The molecule has 2 rings (SSSR count). The van der Waals surface area contributed by atoms with E-state index in [-0.39, 0.29) is 12.4 Å². The van der Waals surface area contributed by atoms with Crippen molar-refractivity contribution in [2.45, 2.75) is 13.3 Å². The summed E-state index contributed by atoms with van der Waals surface area (Å²) in [5.41, 5.74) is 3.68. The Morgan fingerprint density at radius 2 is 2.05 bits per heavy atom. The third-order valence-corrected chi connectivity index (χ3v) is 3.61. The first-order valence-electron chi connectivity index (χ1n) is 7.36. The number of fused-ring (bicyclic) bond motifs is 1. The Morgan fingerprint density at radius 3 is 2.73 bits per heavy atom. The van der Waals surface area contributed by atoms with E-state index >= 15 is 0 Å². The zero-order valence-corrected chi connectivity index (χ0v) is 13.6. The molecule has 1 aromatic heterocycles. The molecule has 118 valence electrons. The second-order valence-electron chi connectivity index (χ2n) is 5.55. The second kappa shape index (κ2) is 7.22. The Bertz CT molecular complexity index is 668. The molecule has 0 amide bonds. The van der Waals surface area contributed by atoms with Crippen LogP contribution in [0.2, 0.25) is 0 Å². The van der Waals surface area contributed by atoms with Gasteiger partial charge in [0.2, 0.25) is 0 Å². The van der Waals surface area contributed by atoms with Gasteiger partial charge in [-0.2, -0.15) is 0 Å². The van der Waals surface area contributed by atoms with Gasteiger partial charge < -0.3 is 15.0 Å². The van der Waals surface area contributed by atoms with Crippen LogP contribution in [0, 0.1) is 6.92 Å². The van der Waals surface area contributed by atoms with Crippen molar-refractivity contribution in [3.63, 3.8) is 0 Å². The van der Waals surface area contributed by atoms with Crippen molar-refractivity contribution in [1.82, 2.24) is 9.88 Å². The van der Waals surface area contributed by atoms with Gasteiger partial charge >= 0.3 is 5.97 Å². The first kappa shape index (κ1) is 16.2. The zero-order chi connectivity index (χ0) is 16.1. The first-order valence-corrected chi connectivity index (χ1v) is 7.36. The molecule has 0 unspecified atom stereocenters. The van der Waals surface area contributed by atoms with E-state index in [4.69, 9.17) is 4.74 Å². The van der Waals surface area contributed by atoms with Crippen molar-refractivity contribution < 1.29 is 9.53 Å². The highest BCUT2D eigenvalue weighted by molar-refractivity contribution is 5.95. The summed E-state index contributed by atoms with van der Waals surface area (Å²) in [6.07, 6.45) is 0.227. The van der Waals surface area contributed by atoms with Gasteiger partial charge in [0, 0.05) is 35.4 Å². The first-order chi connectivity index (χ1) is 10.5. The summed E-state index contributed by atoms with van der Waals surface area (Å²) in [5.74, 6) is -0.254. The summed E-state index contributed by atoms with van der Waals surface area (Å²) < 4.78 is 4.82. The van der Waals surface area contributed by atoms with Crippen LogP contribution in [0.4, 0.5) is 5.69 Å². The van der Waals surface area contributed by atoms with Crippen molar-refractivity contribution in [3.05, 3.63) is 35.5 Å². The third-order valence-electron chi connectivity index (χ3n) is 3.61. The number of aryl methyl sites for hydroxylation is 1. The number of hydrogen-bond acceptors (Lipinski definition) is 5.